The number of nitrogens with zero attached hydrogens (tertiary/aromatic N) is 4. The summed E-state index contributed by atoms with van der Waals surface area (Å²) in [6, 6.07) is 39.7. The zero-order valence-corrected chi connectivity index (χ0v) is 29.6. The molecule has 0 aliphatic rings. The molecule has 0 radical (unpaired) electrons. The summed E-state index contributed by atoms with van der Waals surface area (Å²) in [6.45, 7) is 7.14. The summed E-state index contributed by atoms with van der Waals surface area (Å²) < 4.78 is 14.3. The van der Waals surface area contributed by atoms with Gasteiger partial charge < -0.3 is 0 Å². The van der Waals surface area contributed by atoms with Crippen LogP contribution in [0, 0.1) is 6.92 Å². The van der Waals surface area contributed by atoms with Gasteiger partial charge in [-0.3, -0.25) is 0 Å². The van der Waals surface area contributed by atoms with Gasteiger partial charge in [-0.15, -0.1) is 0 Å². The summed E-state index contributed by atoms with van der Waals surface area (Å²) in [7, 11) is 9.61. The van der Waals surface area contributed by atoms with Crippen LogP contribution in [0.15, 0.2) is 147 Å². The molecule has 0 amide bonds. The van der Waals surface area contributed by atoms with E-state index in [1.807, 2.05) is 112 Å². The predicted octanol–water partition coefficient (Wildman–Crippen LogP) is 10.6. The van der Waals surface area contributed by atoms with Crippen molar-refractivity contribution in [3.8, 4) is 11.5 Å². The SMILES string of the molecule is CCOc1cc([S][Zn]([Cl])([c]2ccc(/N=N/c3ccccc3)cc2)[c]2ccc(/N=N/c3ccccc3)cc2)c(OCC)cc1C. The molecule has 0 aliphatic heterocycles. The van der Waals surface area contributed by atoms with E-state index in [2.05, 4.69) is 50.8 Å². The zero-order valence-electron chi connectivity index (χ0n) is 25.1. The Balaban J connectivity index is 1.52. The van der Waals surface area contributed by atoms with E-state index in [9.17, 15) is 0 Å². The Morgan fingerprint density at radius 1 is 0.568 bits per heavy atom. The fourth-order valence-corrected chi connectivity index (χ4v) is 22.5. The van der Waals surface area contributed by atoms with E-state index in [0.717, 1.165) is 53.0 Å². The van der Waals surface area contributed by atoms with Gasteiger partial charge in [-0.25, -0.2) is 0 Å². The van der Waals surface area contributed by atoms with Crippen LogP contribution in [0.2, 0.25) is 0 Å². The minimum absolute atomic E-state index is 0.551. The van der Waals surface area contributed by atoms with Gasteiger partial charge in [0.2, 0.25) is 0 Å². The third kappa shape index (κ3) is 8.00. The summed E-state index contributed by atoms with van der Waals surface area (Å²) in [4.78, 5) is 0.969. The normalized spacial score (nSPS) is 11.4. The molecule has 5 aromatic carbocycles. The maximum atomic E-state index is 7.89. The number of aryl methyl sites for hydroxylation is 1. The molecule has 0 heterocycles. The van der Waals surface area contributed by atoms with Crippen LogP contribution in [0.3, 0.4) is 0 Å². The first-order chi connectivity index (χ1) is 21.5. The molecule has 0 saturated heterocycles. The first-order valence-corrected chi connectivity index (χ1v) is 26.3. The van der Waals surface area contributed by atoms with Crippen molar-refractivity contribution in [2.75, 3.05) is 13.2 Å². The second kappa shape index (κ2) is 15.2. The van der Waals surface area contributed by atoms with Gasteiger partial charge in [0.1, 0.15) is 0 Å². The van der Waals surface area contributed by atoms with Crippen molar-refractivity contribution in [3.05, 3.63) is 127 Å². The van der Waals surface area contributed by atoms with Crippen molar-refractivity contribution in [2.24, 2.45) is 20.5 Å². The molecule has 0 saturated carbocycles. The van der Waals surface area contributed by atoms with Crippen LogP contribution in [0.4, 0.5) is 22.7 Å². The molecule has 0 aliphatic carbocycles. The average molecular weight is 675 g/mol. The third-order valence-electron chi connectivity index (χ3n) is 7.19. The van der Waals surface area contributed by atoms with Gasteiger partial charge in [0.05, 0.1) is 0 Å². The molecular formula is C35H33ClN4O2SZn. The molecule has 0 aromatic heterocycles. The Labute approximate surface area is 268 Å². The number of rotatable bonds is 12. The molecule has 9 heteroatoms. The summed E-state index contributed by atoms with van der Waals surface area (Å²) >= 11 is -4.10. The van der Waals surface area contributed by atoms with E-state index in [4.69, 9.17) is 19.2 Å². The average Bonchev–Trinajstić information content (AvgIpc) is 3.06. The van der Waals surface area contributed by atoms with Crippen LogP contribution in [0.1, 0.15) is 19.4 Å². The van der Waals surface area contributed by atoms with Crippen molar-refractivity contribution in [3.63, 3.8) is 0 Å². The molecule has 0 spiro atoms. The monoisotopic (exact) mass is 672 g/mol. The number of azo groups is 2. The van der Waals surface area contributed by atoms with Crippen molar-refractivity contribution in [1.29, 1.82) is 0 Å². The Morgan fingerprint density at radius 3 is 1.41 bits per heavy atom. The molecule has 0 fully saturated rings. The Kier molecular flexibility index (Phi) is 10.9. The quantitative estimate of drug-likeness (QED) is 0.0977. The molecule has 6 nitrogen and oxygen atoms in total. The fraction of sp³-hybridized carbons (Fsp3) is 0.143. The topological polar surface area (TPSA) is 67.9 Å². The Bertz CT molecular complexity index is 1630. The maximum absolute atomic E-state index is 7.89. The van der Waals surface area contributed by atoms with Crippen molar-refractivity contribution < 1.29 is 22.0 Å². The molecule has 5 rings (SSSR count). The molecule has 0 bridgehead atoms. The molecule has 5 aromatic rings. The van der Waals surface area contributed by atoms with E-state index in [0.29, 0.717) is 13.2 Å². The minimum atomic E-state index is -4.10. The summed E-state index contributed by atoms with van der Waals surface area (Å²) in [5, 5.41) is 17.6. The first-order valence-electron chi connectivity index (χ1n) is 14.8. The van der Waals surface area contributed by atoms with Crippen molar-refractivity contribution in [1.82, 2.24) is 0 Å². The van der Waals surface area contributed by atoms with Crippen LogP contribution in [0.5, 0.6) is 11.5 Å². The number of ether oxygens (including phenoxy) is 2. The van der Waals surface area contributed by atoms with E-state index < -0.39 is 12.6 Å². The van der Waals surface area contributed by atoms with Crippen LogP contribution in [-0.4, -0.2) is 13.2 Å². The van der Waals surface area contributed by atoms with E-state index >= 15 is 0 Å². The van der Waals surface area contributed by atoms with E-state index in [-0.39, 0.29) is 0 Å². The fourth-order valence-electron chi connectivity index (χ4n) is 4.90. The third-order valence-corrected chi connectivity index (χ3v) is 27.4. The molecule has 0 unspecified atom stereocenters. The van der Waals surface area contributed by atoms with Crippen LogP contribution in [-0.2, 0) is 12.6 Å². The molecular weight excluding hydrogens is 641 g/mol. The Hall–Kier alpha value is -3.84. The van der Waals surface area contributed by atoms with Crippen LogP contribution < -0.4 is 17.8 Å². The molecule has 220 valence electrons. The van der Waals surface area contributed by atoms with Gasteiger partial charge in [0.25, 0.3) is 0 Å². The second-order valence-corrected chi connectivity index (χ2v) is 30.1. The van der Waals surface area contributed by atoms with Crippen LogP contribution in [0.25, 0.3) is 0 Å². The predicted molar refractivity (Wildman–Crippen MR) is 179 cm³/mol. The van der Waals surface area contributed by atoms with Crippen molar-refractivity contribution >= 4 is 50.5 Å². The number of hydrogen-bond donors (Lipinski definition) is 0. The van der Waals surface area contributed by atoms with Gasteiger partial charge in [0, 0.05) is 0 Å². The molecule has 0 atom stereocenters. The molecule has 44 heavy (non-hydrogen) atoms. The Morgan fingerprint density at radius 2 is 0.977 bits per heavy atom. The van der Waals surface area contributed by atoms with Gasteiger partial charge in [-0.1, -0.05) is 0 Å². The number of benzene rings is 5. The number of hydrogen-bond acceptors (Lipinski definition) is 7. The first kappa shape index (κ1) is 31.6. The zero-order chi connectivity index (χ0) is 30.8. The van der Waals surface area contributed by atoms with Gasteiger partial charge >= 0.3 is 270 Å². The van der Waals surface area contributed by atoms with Gasteiger partial charge in [0.15, 0.2) is 0 Å². The summed E-state index contributed by atoms with van der Waals surface area (Å²) in [5.41, 5.74) is 4.15. The molecule has 0 N–H and O–H groups in total. The van der Waals surface area contributed by atoms with E-state index in [1.165, 1.54) is 0 Å². The second-order valence-electron chi connectivity index (χ2n) is 10.3. The summed E-state index contributed by atoms with van der Waals surface area (Å²) in [5.74, 6) is 1.64. The van der Waals surface area contributed by atoms with E-state index in [1.54, 1.807) is 9.75 Å². The van der Waals surface area contributed by atoms with Gasteiger partial charge in [-0.05, 0) is 0 Å². The van der Waals surface area contributed by atoms with Crippen LogP contribution >= 0.6 is 19.4 Å². The summed E-state index contributed by atoms with van der Waals surface area (Å²) in [6.07, 6.45) is 0. The standard InChI is InChI=1S/2C12H9N2.C11H16O2S.ClH.Zn/c2*1-3-7-11(8-4-1)13-14-12-9-5-2-6-10-12;1-4-12-9-7-11(14)10(13-5-2)6-8(9)3;;/h2*1,3-10H;6-7,14H,4-5H2,1-3H3;1H;/q;;;;+2/p-2/b2*14-13+;;;. The van der Waals surface area contributed by atoms with Gasteiger partial charge in [-0.2, -0.15) is 0 Å². The number of halogens is 1. The van der Waals surface area contributed by atoms with Crippen molar-refractivity contribution in [2.45, 2.75) is 25.7 Å².